The number of rotatable bonds is 3. The maximum absolute atomic E-state index is 6.00. The Kier molecular flexibility index (Phi) is 3.47. The quantitative estimate of drug-likeness (QED) is 0.877. The van der Waals surface area contributed by atoms with Gasteiger partial charge in [0.15, 0.2) is 0 Å². The molecule has 1 aliphatic heterocycles. The molecule has 0 amide bonds. The molecule has 3 heteroatoms. The van der Waals surface area contributed by atoms with Gasteiger partial charge in [0.2, 0.25) is 0 Å². The molecule has 0 spiro atoms. The largest absolute Gasteiger partial charge is 0.487 e. The monoisotopic (exact) mass is 331 g/mol. The van der Waals surface area contributed by atoms with Crippen LogP contribution in [-0.4, -0.2) is 6.54 Å². The van der Waals surface area contributed by atoms with Gasteiger partial charge in [-0.05, 0) is 17.7 Å². The molecule has 1 N–H and O–H groups in total. The molecule has 1 heterocycles. The minimum atomic E-state index is 0.125. The minimum Gasteiger partial charge on any atom is -0.487 e. The number of ether oxygens (including phenoxy) is 1. The van der Waals surface area contributed by atoms with Crippen LogP contribution in [0.1, 0.15) is 25.0 Å². The van der Waals surface area contributed by atoms with Crippen LogP contribution in [0.5, 0.6) is 5.75 Å². The predicted molar refractivity (Wildman–Crippen MR) is 86.4 cm³/mol. The van der Waals surface area contributed by atoms with Gasteiger partial charge in [0.1, 0.15) is 12.4 Å². The van der Waals surface area contributed by atoms with Gasteiger partial charge in [0.05, 0.1) is 5.69 Å². The van der Waals surface area contributed by atoms with Crippen molar-refractivity contribution in [3.8, 4) is 5.75 Å². The average molecular weight is 332 g/mol. The third-order valence-electron chi connectivity index (χ3n) is 3.74. The van der Waals surface area contributed by atoms with Crippen molar-refractivity contribution in [2.75, 3.05) is 11.9 Å². The van der Waals surface area contributed by atoms with Gasteiger partial charge in [-0.1, -0.05) is 60.1 Å². The van der Waals surface area contributed by atoms with Crippen molar-refractivity contribution >= 4 is 21.6 Å². The van der Waals surface area contributed by atoms with E-state index < -0.39 is 0 Å². The van der Waals surface area contributed by atoms with Crippen LogP contribution in [-0.2, 0) is 12.0 Å². The Bertz CT molecular complexity index is 622. The fourth-order valence-corrected chi connectivity index (χ4v) is 3.52. The van der Waals surface area contributed by atoms with Gasteiger partial charge in [-0.25, -0.2) is 0 Å². The van der Waals surface area contributed by atoms with E-state index in [2.05, 4.69) is 53.3 Å². The molecule has 2 nitrogen and oxygen atoms in total. The van der Waals surface area contributed by atoms with Crippen molar-refractivity contribution in [3.05, 3.63) is 58.1 Å². The van der Waals surface area contributed by atoms with E-state index in [0.29, 0.717) is 6.61 Å². The highest BCUT2D eigenvalue weighted by molar-refractivity contribution is 9.10. The van der Waals surface area contributed by atoms with Crippen LogP contribution < -0.4 is 10.1 Å². The van der Waals surface area contributed by atoms with E-state index >= 15 is 0 Å². The molecule has 1 aliphatic rings. The second kappa shape index (κ2) is 5.13. The smallest absolute Gasteiger partial charge is 0.143 e. The number of anilines is 1. The van der Waals surface area contributed by atoms with Gasteiger partial charge in [-0.3, -0.25) is 0 Å². The fraction of sp³-hybridized carbons (Fsp3) is 0.294. The molecule has 0 unspecified atom stereocenters. The van der Waals surface area contributed by atoms with Gasteiger partial charge in [0, 0.05) is 22.0 Å². The summed E-state index contributed by atoms with van der Waals surface area (Å²) >= 11 is 3.66. The molecule has 0 aliphatic carbocycles. The molecule has 2 aromatic carbocycles. The zero-order valence-corrected chi connectivity index (χ0v) is 13.3. The molecule has 0 fully saturated rings. The molecule has 0 radical (unpaired) electrons. The summed E-state index contributed by atoms with van der Waals surface area (Å²) in [6, 6.07) is 14.4. The first-order chi connectivity index (χ1) is 9.58. The normalized spacial score (nSPS) is 15.6. The Balaban J connectivity index is 1.87. The van der Waals surface area contributed by atoms with Crippen LogP contribution in [0.2, 0.25) is 0 Å². The van der Waals surface area contributed by atoms with Crippen LogP contribution >= 0.6 is 15.9 Å². The SMILES string of the molecule is CC1(C)CNc2c(OCc3ccccc3)ccc(Br)c21. The van der Waals surface area contributed by atoms with Gasteiger partial charge in [-0.2, -0.15) is 0 Å². The Morgan fingerprint density at radius 1 is 1.15 bits per heavy atom. The van der Waals surface area contributed by atoms with Crippen molar-refractivity contribution in [2.45, 2.75) is 25.9 Å². The van der Waals surface area contributed by atoms with E-state index in [1.807, 2.05) is 24.3 Å². The Morgan fingerprint density at radius 3 is 2.65 bits per heavy atom. The standard InChI is InChI=1S/C17H18BrNO/c1-17(2)11-19-16-14(9-8-13(18)15(16)17)20-10-12-6-4-3-5-7-12/h3-9,19H,10-11H2,1-2H3. The highest BCUT2D eigenvalue weighted by Gasteiger charge is 2.33. The van der Waals surface area contributed by atoms with Gasteiger partial charge in [0.25, 0.3) is 0 Å². The molecular weight excluding hydrogens is 314 g/mol. The van der Waals surface area contributed by atoms with E-state index in [9.17, 15) is 0 Å². The summed E-state index contributed by atoms with van der Waals surface area (Å²) in [5, 5.41) is 3.48. The number of halogens is 1. The summed E-state index contributed by atoms with van der Waals surface area (Å²) in [5.41, 5.74) is 3.74. The number of hydrogen-bond acceptors (Lipinski definition) is 2. The minimum absolute atomic E-state index is 0.125. The zero-order valence-electron chi connectivity index (χ0n) is 11.7. The van der Waals surface area contributed by atoms with E-state index in [0.717, 1.165) is 22.5 Å². The topological polar surface area (TPSA) is 21.3 Å². The lowest BCUT2D eigenvalue weighted by Crippen LogP contribution is -2.19. The Hall–Kier alpha value is -1.48. The third-order valence-corrected chi connectivity index (χ3v) is 4.40. The number of hydrogen-bond donors (Lipinski definition) is 1. The fourth-order valence-electron chi connectivity index (χ4n) is 2.65. The summed E-state index contributed by atoms with van der Waals surface area (Å²) in [4.78, 5) is 0. The van der Waals surface area contributed by atoms with Crippen molar-refractivity contribution in [2.24, 2.45) is 0 Å². The van der Waals surface area contributed by atoms with E-state index in [-0.39, 0.29) is 5.41 Å². The van der Waals surface area contributed by atoms with Gasteiger partial charge < -0.3 is 10.1 Å². The summed E-state index contributed by atoms with van der Waals surface area (Å²) in [6.45, 7) is 6.03. The summed E-state index contributed by atoms with van der Waals surface area (Å²) < 4.78 is 7.15. The van der Waals surface area contributed by atoms with Crippen molar-refractivity contribution in [1.82, 2.24) is 0 Å². The molecule has 0 saturated heterocycles. The Morgan fingerprint density at radius 2 is 1.90 bits per heavy atom. The summed E-state index contributed by atoms with van der Waals surface area (Å²) in [5.74, 6) is 0.928. The lowest BCUT2D eigenvalue weighted by molar-refractivity contribution is 0.307. The summed E-state index contributed by atoms with van der Waals surface area (Å²) in [7, 11) is 0. The number of nitrogens with one attached hydrogen (secondary N) is 1. The maximum atomic E-state index is 6.00. The Labute approximate surface area is 128 Å². The lowest BCUT2D eigenvalue weighted by atomic mass is 9.87. The molecule has 104 valence electrons. The second-order valence-corrected chi connectivity index (χ2v) is 6.66. The zero-order chi connectivity index (χ0) is 14.2. The molecule has 0 bridgehead atoms. The number of fused-ring (bicyclic) bond motifs is 1. The van der Waals surface area contributed by atoms with Gasteiger partial charge in [-0.15, -0.1) is 0 Å². The first-order valence-electron chi connectivity index (χ1n) is 6.81. The van der Waals surface area contributed by atoms with Crippen LogP contribution in [0.3, 0.4) is 0 Å². The van der Waals surface area contributed by atoms with Crippen LogP contribution in [0, 0.1) is 0 Å². The highest BCUT2D eigenvalue weighted by Crippen LogP contribution is 2.46. The average Bonchev–Trinajstić information content (AvgIpc) is 2.76. The summed E-state index contributed by atoms with van der Waals surface area (Å²) in [6.07, 6.45) is 0. The van der Waals surface area contributed by atoms with Crippen molar-refractivity contribution in [3.63, 3.8) is 0 Å². The molecule has 0 atom stereocenters. The van der Waals surface area contributed by atoms with E-state index in [1.165, 1.54) is 11.1 Å². The van der Waals surface area contributed by atoms with Crippen molar-refractivity contribution in [1.29, 1.82) is 0 Å². The van der Waals surface area contributed by atoms with Crippen molar-refractivity contribution < 1.29 is 4.74 Å². The van der Waals surface area contributed by atoms with Crippen LogP contribution in [0.4, 0.5) is 5.69 Å². The lowest BCUT2D eigenvalue weighted by Gasteiger charge is -2.19. The van der Waals surface area contributed by atoms with E-state index in [4.69, 9.17) is 4.74 Å². The molecule has 3 rings (SSSR count). The predicted octanol–water partition coefficient (Wildman–Crippen LogP) is 4.73. The second-order valence-electron chi connectivity index (χ2n) is 5.81. The van der Waals surface area contributed by atoms with Crippen LogP contribution in [0.25, 0.3) is 0 Å². The molecule has 0 saturated carbocycles. The molecular formula is C17H18BrNO. The first kappa shape index (κ1) is 13.5. The third kappa shape index (κ3) is 2.42. The number of benzene rings is 2. The molecule has 0 aromatic heterocycles. The van der Waals surface area contributed by atoms with Crippen LogP contribution in [0.15, 0.2) is 46.9 Å². The van der Waals surface area contributed by atoms with Gasteiger partial charge >= 0.3 is 0 Å². The van der Waals surface area contributed by atoms with E-state index in [1.54, 1.807) is 0 Å². The first-order valence-corrected chi connectivity index (χ1v) is 7.61. The highest BCUT2D eigenvalue weighted by atomic mass is 79.9. The maximum Gasteiger partial charge on any atom is 0.143 e. The molecule has 2 aromatic rings. The molecule has 20 heavy (non-hydrogen) atoms.